The van der Waals surface area contributed by atoms with Crippen molar-refractivity contribution in [2.75, 3.05) is 6.61 Å². The second-order valence-corrected chi connectivity index (χ2v) is 2.69. The van der Waals surface area contributed by atoms with Crippen molar-refractivity contribution in [2.24, 2.45) is 0 Å². The molecule has 1 aromatic rings. The maximum atomic E-state index is 5.42. The van der Waals surface area contributed by atoms with E-state index in [9.17, 15) is 0 Å². The molecule has 1 aliphatic heterocycles. The number of allylic oxidation sites excluding steroid dienone is 1. The predicted octanol–water partition coefficient (Wildman–Crippen LogP) is -0.401. The molecule has 2 heteroatoms. The van der Waals surface area contributed by atoms with Crippen LogP contribution in [-0.2, 0) is 0 Å². The number of para-hydroxylation sites is 1. The molecule has 1 heterocycles. The minimum absolute atomic E-state index is 0. The van der Waals surface area contributed by atoms with Gasteiger partial charge < -0.3 is 6.16 Å². The van der Waals surface area contributed by atoms with Gasteiger partial charge in [0.1, 0.15) is 12.4 Å². The summed E-state index contributed by atoms with van der Waals surface area (Å²) >= 11 is 0. The molecule has 0 N–H and O–H groups in total. The molecule has 0 bridgehead atoms. The Labute approximate surface area is 96.2 Å². The van der Waals surface area contributed by atoms with E-state index in [0.29, 0.717) is 6.61 Å². The maximum absolute atomic E-state index is 5.42. The van der Waals surface area contributed by atoms with E-state index in [4.69, 9.17) is 4.74 Å². The van der Waals surface area contributed by atoms with Crippen molar-refractivity contribution >= 4 is 5.57 Å². The summed E-state index contributed by atoms with van der Waals surface area (Å²) in [6, 6.07) is 8.12. The third kappa shape index (κ3) is 1.74. The molecule has 0 unspecified atom stereocenters. The Morgan fingerprint density at radius 2 is 2.08 bits per heavy atom. The van der Waals surface area contributed by atoms with Crippen molar-refractivity contribution in [3.63, 3.8) is 0 Å². The fourth-order valence-corrected chi connectivity index (χ4v) is 1.28. The van der Waals surface area contributed by atoms with Crippen molar-refractivity contribution in [1.29, 1.82) is 0 Å². The van der Waals surface area contributed by atoms with E-state index >= 15 is 0 Å². The van der Waals surface area contributed by atoms with Gasteiger partial charge in [-0.2, -0.15) is 0 Å². The number of rotatable bonds is 0. The standard InChI is InChI=1S/C10H10O.Na.H/c1-8-6-7-11-10-5-3-2-4-9(8)10;;/h2-6H,7H2,1H3;;/q;+1;-1. The van der Waals surface area contributed by atoms with Gasteiger partial charge in [-0.15, -0.1) is 0 Å². The van der Waals surface area contributed by atoms with E-state index in [2.05, 4.69) is 19.1 Å². The Morgan fingerprint density at radius 1 is 1.33 bits per heavy atom. The summed E-state index contributed by atoms with van der Waals surface area (Å²) in [4.78, 5) is 0. The minimum Gasteiger partial charge on any atom is -1.00 e. The van der Waals surface area contributed by atoms with E-state index < -0.39 is 0 Å². The SMILES string of the molecule is CC1=CCOc2ccccc21.[H-].[Na+]. The van der Waals surface area contributed by atoms with E-state index in [1.54, 1.807) is 0 Å². The van der Waals surface area contributed by atoms with Gasteiger partial charge in [0.2, 0.25) is 0 Å². The minimum atomic E-state index is 0. The Kier molecular flexibility index (Phi) is 3.39. The average molecular weight is 170 g/mol. The van der Waals surface area contributed by atoms with E-state index in [-0.39, 0.29) is 31.0 Å². The van der Waals surface area contributed by atoms with Crippen LogP contribution in [0, 0.1) is 0 Å². The van der Waals surface area contributed by atoms with Gasteiger partial charge in [-0.1, -0.05) is 18.2 Å². The van der Waals surface area contributed by atoms with Gasteiger partial charge in [0.25, 0.3) is 0 Å². The summed E-state index contributed by atoms with van der Waals surface area (Å²) in [6.45, 7) is 2.82. The van der Waals surface area contributed by atoms with Crippen LogP contribution in [0.4, 0.5) is 0 Å². The molecule has 0 fully saturated rings. The first-order valence-corrected chi connectivity index (χ1v) is 3.77. The molecule has 0 atom stereocenters. The van der Waals surface area contributed by atoms with Gasteiger partial charge in [-0.3, -0.25) is 0 Å². The number of benzene rings is 1. The second-order valence-electron chi connectivity index (χ2n) is 2.69. The molecule has 1 aromatic carbocycles. The summed E-state index contributed by atoms with van der Waals surface area (Å²) in [7, 11) is 0. The molecular formula is C10H11NaO. The van der Waals surface area contributed by atoms with Crippen LogP contribution in [-0.4, -0.2) is 6.61 Å². The quantitative estimate of drug-likeness (QED) is 0.481. The maximum Gasteiger partial charge on any atom is 1.00 e. The van der Waals surface area contributed by atoms with Gasteiger partial charge in [0.05, 0.1) is 0 Å². The van der Waals surface area contributed by atoms with Gasteiger partial charge >= 0.3 is 29.6 Å². The van der Waals surface area contributed by atoms with Gasteiger partial charge in [-0.05, 0) is 24.6 Å². The van der Waals surface area contributed by atoms with Crippen LogP contribution in [0.1, 0.15) is 13.9 Å². The zero-order valence-corrected chi connectivity index (χ0v) is 9.50. The Balaban J connectivity index is 0.000000720. The fourth-order valence-electron chi connectivity index (χ4n) is 1.28. The third-order valence-electron chi connectivity index (χ3n) is 1.94. The number of fused-ring (bicyclic) bond motifs is 1. The van der Waals surface area contributed by atoms with Crippen LogP contribution < -0.4 is 34.3 Å². The first kappa shape index (κ1) is 9.85. The van der Waals surface area contributed by atoms with E-state index in [1.165, 1.54) is 11.1 Å². The summed E-state index contributed by atoms with van der Waals surface area (Å²) < 4.78 is 5.42. The summed E-state index contributed by atoms with van der Waals surface area (Å²) in [5, 5.41) is 0. The largest absolute Gasteiger partial charge is 1.00 e. The topological polar surface area (TPSA) is 9.23 Å². The van der Waals surface area contributed by atoms with E-state index in [1.807, 2.05) is 18.2 Å². The van der Waals surface area contributed by atoms with Crippen LogP contribution in [0.15, 0.2) is 30.3 Å². The van der Waals surface area contributed by atoms with Gasteiger partial charge in [0, 0.05) is 5.56 Å². The zero-order chi connectivity index (χ0) is 7.68. The van der Waals surface area contributed by atoms with Crippen LogP contribution in [0.2, 0.25) is 0 Å². The first-order valence-electron chi connectivity index (χ1n) is 3.77. The molecule has 0 aromatic heterocycles. The number of hydrogen-bond acceptors (Lipinski definition) is 1. The molecule has 12 heavy (non-hydrogen) atoms. The van der Waals surface area contributed by atoms with Crippen molar-refractivity contribution in [1.82, 2.24) is 0 Å². The van der Waals surface area contributed by atoms with Gasteiger partial charge in [0.15, 0.2) is 0 Å². The third-order valence-corrected chi connectivity index (χ3v) is 1.94. The predicted molar refractivity (Wildman–Crippen MR) is 46.7 cm³/mol. The Morgan fingerprint density at radius 3 is 2.83 bits per heavy atom. The number of ether oxygens (including phenoxy) is 1. The molecular weight excluding hydrogens is 159 g/mol. The van der Waals surface area contributed by atoms with Crippen LogP contribution >= 0.6 is 0 Å². The van der Waals surface area contributed by atoms with Crippen molar-refractivity contribution in [3.8, 4) is 5.75 Å². The smallest absolute Gasteiger partial charge is 1.00 e. The molecule has 1 aliphatic rings. The summed E-state index contributed by atoms with van der Waals surface area (Å²) in [5.74, 6) is 1.01. The Hall–Kier alpha value is -0.240. The molecule has 0 spiro atoms. The number of hydrogen-bond donors (Lipinski definition) is 0. The normalized spacial score (nSPS) is 13.6. The fraction of sp³-hybridized carbons (Fsp3) is 0.200. The molecule has 0 aliphatic carbocycles. The summed E-state index contributed by atoms with van der Waals surface area (Å²) in [6.07, 6.45) is 2.10. The van der Waals surface area contributed by atoms with Crippen molar-refractivity contribution in [2.45, 2.75) is 6.92 Å². The average Bonchev–Trinajstić information content (AvgIpc) is 2.06. The first-order chi connectivity index (χ1) is 5.38. The van der Waals surface area contributed by atoms with Crippen LogP contribution in [0.3, 0.4) is 0 Å². The summed E-state index contributed by atoms with van der Waals surface area (Å²) in [5.41, 5.74) is 2.53. The molecule has 0 saturated heterocycles. The van der Waals surface area contributed by atoms with Gasteiger partial charge in [-0.25, -0.2) is 0 Å². The van der Waals surface area contributed by atoms with Crippen LogP contribution in [0.25, 0.3) is 5.57 Å². The molecule has 0 saturated carbocycles. The molecule has 1 nitrogen and oxygen atoms in total. The molecule has 0 radical (unpaired) electrons. The monoisotopic (exact) mass is 170 g/mol. The molecule has 0 amide bonds. The zero-order valence-electron chi connectivity index (χ0n) is 8.50. The second kappa shape index (κ2) is 4.13. The van der Waals surface area contributed by atoms with Crippen molar-refractivity contribution in [3.05, 3.63) is 35.9 Å². The van der Waals surface area contributed by atoms with Crippen LogP contribution in [0.5, 0.6) is 5.75 Å². The van der Waals surface area contributed by atoms with Crippen molar-refractivity contribution < 1.29 is 35.7 Å². The molecule has 2 rings (SSSR count). The van der Waals surface area contributed by atoms with E-state index in [0.717, 1.165) is 5.75 Å². The molecule has 58 valence electrons. The Bertz CT molecular complexity index is 310.